The molecule has 0 saturated heterocycles. The van der Waals surface area contributed by atoms with Crippen LogP contribution in [0.5, 0.6) is 0 Å². The molecule has 0 bridgehead atoms. The lowest BCUT2D eigenvalue weighted by atomic mass is 9.91. The summed E-state index contributed by atoms with van der Waals surface area (Å²) >= 11 is 0. The van der Waals surface area contributed by atoms with Gasteiger partial charge in [-0.05, 0) is 6.42 Å². The smallest absolute Gasteiger partial charge is 0.236 e. The maximum atomic E-state index is 10.7. The van der Waals surface area contributed by atoms with E-state index in [2.05, 4.69) is 0 Å². The molecule has 1 unspecified atom stereocenters. The van der Waals surface area contributed by atoms with Crippen molar-refractivity contribution in [3.63, 3.8) is 0 Å². The topological polar surface area (TPSA) is 80.4 Å². The minimum absolute atomic E-state index is 0.560. The summed E-state index contributed by atoms with van der Waals surface area (Å²) in [4.78, 5) is 0. The molecule has 0 fully saturated rings. The van der Waals surface area contributed by atoms with Crippen molar-refractivity contribution < 1.29 is 13.5 Å². The van der Waals surface area contributed by atoms with E-state index in [1.165, 1.54) is 0 Å². The molecule has 68 valence electrons. The molecule has 0 aliphatic heterocycles. The Morgan fingerprint density at radius 3 is 2.00 bits per heavy atom. The van der Waals surface area contributed by atoms with Gasteiger partial charge in [0.25, 0.3) is 0 Å². The summed E-state index contributed by atoms with van der Waals surface area (Å²) in [5, 5.41) is 14.0. The summed E-state index contributed by atoms with van der Waals surface area (Å²) in [6.07, 6.45) is 0.560. The predicted octanol–water partition coefficient (Wildman–Crippen LogP) is 0.0295. The predicted molar refractivity (Wildman–Crippen MR) is 43.2 cm³/mol. The van der Waals surface area contributed by atoms with Crippen molar-refractivity contribution in [3.8, 4) is 0 Å². The second-order valence-corrected chi connectivity index (χ2v) is 4.91. The van der Waals surface area contributed by atoms with Crippen LogP contribution in [0, 0.1) is 5.41 Å². The van der Waals surface area contributed by atoms with Crippen LogP contribution in [0.3, 0.4) is 0 Å². The molecule has 0 aliphatic carbocycles. The average molecular weight is 181 g/mol. The van der Waals surface area contributed by atoms with Crippen LogP contribution in [0.15, 0.2) is 0 Å². The first-order chi connectivity index (χ1) is 4.72. The van der Waals surface area contributed by atoms with Crippen molar-refractivity contribution in [2.45, 2.75) is 32.6 Å². The van der Waals surface area contributed by atoms with Gasteiger partial charge in [-0.1, -0.05) is 20.8 Å². The standard InChI is InChI=1S/C6H15NO3S/c1-4-6(2,3)5(8)11(7,9)10/h5,8H,4H2,1-3H3,(H2,7,9,10). The van der Waals surface area contributed by atoms with Gasteiger partial charge in [0.15, 0.2) is 5.44 Å². The van der Waals surface area contributed by atoms with Crippen LogP contribution >= 0.6 is 0 Å². The van der Waals surface area contributed by atoms with Gasteiger partial charge in [-0.15, -0.1) is 0 Å². The molecule has 0 saturated carbocycles. The van der Waals surface area contributed by atoms with Crippen LogP contribution < -0.4 is 5.14 Å². The molecule has 0 rings (SSSR count). The fourth-order valence-corrected chi connectivity index (χ4v) is 1.68. The molecule has 4 nitrogen and oxygen atoms in total. The van der Waals surface area contributed by atoms with Gasteiger partial charge >= 0.3 is 0 Å². The molecule has 0 spiro atoms. The van der Waals surface area contributed by atoms with Gasteiger partial charge < -0.3 is 5.11 Å². The van der Waals surface area contributed by atoms with Crippen molar-refractivity contribution in [2.75, 3.05) is 0 Å². The molecule has 3 N–H and O–H groups in total. The highest BCUT2D eigenvalue weighted by atomic mass is 32.2. The van der Waals surface area contributed by atoms with E-state index in [-0.39, 0.29) is 0 Å². The third kappa shape index (κ3) is 2.76. The van der Waals surface area contributed by atoms with E-state index >= 15 is 0 Å². The van der Waals surface area contributed by atoms with Crippen LogP contribution in [0.2, 0.25) is 0 Å². The molecule has 0 aromatic carbocycles. The molecule has 0 radical (unpaired) electrons. The Morgan fingerprint density at radius 1 is 1.55 bits per heavy atom. The van der Waals surface area contributed by atoms with Gasteiger partial charge in [0.05, 0.1) is 0 Å². The molecule has 0 aliphatic rings. The number of aliphatic hydroxyl groups is 1. The second kappa shape index (κ2) is 3.08. The summed E-state index contributed by atoms with van der Waals surface area (Å²) in [5.41, 5.74) is -2.15. The van der Waals surface area contributed by atoms with Gasteiger partial charge in [-0.2, -0.15) is 0 Å². The minimum atomic E-state index is -3.82. The zero-order chi connectivity index (χ0) is 9.28. The van der Waals surface area contributed by atoms with E-state index < -0.39 is 20.9 Å². The number of primary sulfonamides is 1. The molecule has 1 atom stereocenters. The number of nitrogens with two attached hydrogens (primary N) is 1. The maximum absolute atomic E-state index is 10.7. The maximum Gasteiger partial charge on any atom is 0.236 e. The molecular weight excluding hydrogens is 166 g/mol. The lowest BCUT2D eigenvalue weighted by molar-refractivity contribution is 0.113. The highest BCUT2D eigenvalue weighted by Crippen LogP contribution is 2.26. The monoisotopic (exact) mass is 181 g/mol. The molecule has 0 amide bonds. The zero-order valence-electron chi connectivity index (χ0n) is 7.03. The number of hydrogen-bond acceptors (Lipinski definition) is 3. The lowest BCUT2D eigenvalue weighted by Gasteiger charge is -2.26. The van der Waals surface area contributed by atoms with E-state index in [1.807, 2.05) is 0 Å². The Hall–Kier alpha value is -0.130. The molecule has 11 heavy (non-hydrogen) atoms. The lowest BCUT2D eigenvalue weighted by Crippen LogP contribution is -2.40. The number of hydrogen-bond donors (Lipinski definition) is 2. The Balaban J connectivity index is 4.63. The first-order valence-electron chi connectivity index (χ1n) is 3.41. The molecule has 0 aromatic heterocycles. The van der Waals surface area contributed by atoms with Crippen LogP contribution in [0.4, 0.5) is 0 Å². The number of rotatable bonds is 3. The van der Waals surface area contributed by atoms with Crippen molar-refractivity contribution in [2.24, 2.45) is 10.6 Å². The summed E-state index contributed by atoms with van der Waals surface area (Å²) in [5.74, 6) is 0. The van der Waals surface area contributed by atoms with Crippen molar-refractivity contribution >= 4 is 10.0 Å². The Morgan fingerprint density at radius 2 is 1.91 bits per heavy atom. The van der Waals surface area contributed by atoms with E-state index in [9.17, 15) is 13.5 Å². The first-order valence-corrected chi connectivity index (χ1v) is 5.02. The number of aliphatic hydroxyl groups excluding tert-OH is 1. The zero-order valence-corrected chi connectivity index (χ0v) is 7.85. The van der Waals surface area contributed by atoms with Gasteiger partial charge in [-0.25, -0.2) is 13.6 Å². The number of sulfonamides is 1. The van der Waals surface area contributed by atoms with Crippen LogP contribution in [0.1, 0.15) is 27.2 Å². The largest absolute Gasteiger partial charge is 0.375 e. The van der Waals surface area contributed by atoms with Crippen molar-refractivity contribution in [1.29, 1.82) is 0 Å². The van der Waals surface area contributed by atoms with Crippen LogP contribution in [-0.2, 0) is 10.0 Å². The summed E-state index contributed by atoms with van der Waals surface area (Å²) in [7, 11) is -3.82. The van der Waals surface area contributed by atoms with Crippen LogP contribution in [-0.4, -0.2) is 19.0 Å². The third-order valence-electron chi connectivity index (χ3n) is 1.89. The Labute approximate surface area is 67.5 Å². The average Bonchev–Trinajstić information content (AvgIpc) is 1.84. The van der Waals surface area contributed by atoms with Gasteiger partial charge in [0.2, 0.25) is 10.0 Å². The van der Waals surface area contributed by atoms with Crippen molar-refractivity contribution in [1.82, 2.24) is 0 Å². The van der Waals surface area contributed by atoms with E-state index in [0.717, 1.165) is 0 Å². The summed E-state index contributed by atoms with van der Waals surface area (Å²) < 4.78 is 21.3. The van der Waals surface area contributed by atoms with Gasteiger partial charge in [0, 0.05) is 5.41 Å². The fourth-order valence-electron chi connectivity index (χ4n) is 0.619. The summed E-state index contributed by atoms with van der Waals surface area (Å²) in [6, 6.07) is 0. The molecule has 0 aromatic rings. The summed E-state index contributed by atoms with van der Waals surface area (Å²) in [6.45, 7) is 5.11. The highest BCUT2D eigenvalue weighted by molar-refractivity contribution is 7.89. The second-order valence-electron chi connectivity index (χ2n) is 3.28. The minimum Gasteiger partial charge on any atom is -0.375 e. The SMILES string of the molecule is CCC(C)(C)C(O)S(N)(=O)=O. The van der Waals surface area contributed by atoms with Crippen LogP contribution in [0.25, 0.3) is 0 Å². The van der Waals surface area contributed by atoms with Crippen molar-refractivity contribution in [3.05, 3.63) is 0 Å². The van der Waals surface area contributed by atoms with E-state index in [1.54, 1.807) is 20.8 Å². The van der Waals surface area contributed by atoms with Gasteiger partial charge in [-0.3, -0.25) is 0 Å². The van der Waals surface area contributed by atoms with E-state index in [0.29, 0.717) is 6.42 Å². The highest BCUT2D eigenvalue weighted by Gasteiger charge is 2.34. The molecular formula is C6H15NO3S. The quantitative estimate of drug-likeness (QED) is 0.644. The molecule has 0 heterocycles. The molecule has 5 heteroatoms. The normalized spacial score (nSPS) is 16.5. The third-order valence-corrected chi connectivity index (χ3v) is 3.15. The Kier molecular flexibility index (Phi) is 3.05. The van der Waals surface area contributed by atoms with E-state index in [4.69, 9.17) is 5.14 Å². The fraction of sp³-hybridized carbons (Fsp3) is 1.00. The van der Waals surface area contributed by atoms with Gasteiger partial charge in [0.1, 0.15) is 0 Å². The Bertz CT molecular complexity index is 220. The first kappa shape index (κ1) is 10.9.